The minimum atomic E-state index is -0.645. The van der Waals surface area contributed by atoms with E-state index < -0.39 is 11.6 Å². The van der Waals surface area contributed by atoms with Crippen molar-refractivity contribution in [1.29, 1.82) is 0 Å². The molecular formula is C9H9BF2N2. The predicted molar refractivity (Wildman–Crippen MR) is 48.8 cm³/mol. The van der Waals surface area contributed by atoms with E-state index in [1.165, 1.54) is 0 Å². The van der Waals surface area contributed by atoms with E-state index in [0.29, 0.717) is 12.2 Å². The Balaban J connectivity index is 2.24. The first-order valence-corrected chi connectivity index (χ1v) is 4.47. The third-order valence-corrected chi connectivity index (χ3v) is 2.44. The Morgan fingerprint density at radius 3 is 2.86 bits per heavy atom. The van der Waals surface area contributed by atoms with E-state index in [2.05, 4.69) is 4.98 Å². The van der Waals surface area contributed by atoms with E-state index in [0.717, 1.165) is 25.2 Å². The second-order valence-corrected chi connectivity index (χ2v) is 3.50. The van der Waals surface area contributed by atoms with Gasteiger partial charge in [-0.25, -0.2) is 8.78 Å². The molecule has 0 N–H and O–H groups in total. The highest BCUT2D eigenvalue weighted by atomic mass is 19.1. The summed E-state index contributed by atoms with van der Waals surface area (Å²) in [7, 11) is 5.55. The summed E-state index contributed by atoms with van der Waals surface area (Å²) in [6.07, 6.45) is 1.81. The van der Waals surface area contributed by atoms with Crippen molar-refractivity contribution in [3.05, 3.63) is 29.6 Å². The molecule has 1 unspecified atom stereocenters. The molecule has 1 saturated heterocycles. The van der Waals surface area contributed by atoms with Crippen molar-refractivity contribution in [1.82, 2.24) is 9.79 Å². The summed E-state index contributed by atoms with van der Waals surface area (Å²) in [5.74, 6) is -1.24. The van der Waals surface area contributed by atoms with Crippen molar-refractivity contribution in [2.75, 3.05) is 13.1 Å². The first-order valence-electron chi connectivity index (χ1n) is 4.47. The van der Waals surface area contributed by atoms with Crippen LogP contribution in [0.4, 0.5) is 8.78 Å². The average molecular weight is 194 g/mol. The van der Waals surface area contributed by atoms with E-state index >= 15 is 0 Å². The summed E-state index contributed by atoms with van der Waals surface area (Å²) in [6, 6.07) is 0.863. The summed E-state index contributed by atoms with van der Waals surface area (Å²) in [5, 5.41) is 0. The second-order valence-electron chi connectivity index (χ2n) is 3.50. The lowest BCUT2D eigenvalue weighted by molar-refractivity contribution is 0.521. The van der Waals surface area contributed by atoms with Gasteiger partial charge in [0.15, 0.2) is 7.98 Å². The van der Waals surface area contributed by atoms with Crippen molar-refractivity contribution in [3.8, 4) is 0 Å². The molecule has 1 aromatic rings. The molecule has 0 bridgehead atoms. The van der Waals surface area contributed by atoms with Gasteiger partial charge in [0, 0.05) is 12.0 Å². The van der Waals surface area contributed by atoms with E-state index in [1.807, 2.05) is 0 Å². The number of nitrogens with zero attached hydrogens (tertiary/aromatic N) is 2. The van der Waals surface area contributed by atoms with E-state index in [9.17, 15) is 8.78 Å². The van der Waals surface area contributed by atoms with Crippen LogP contribution in [0.1, 0.15) is 18.0 Å². The van der Waals surface area contributed by atoms with Gasteiger partial charge in [-0.1, -0.05) is 0 Å². The zero-order valence-corrected chi connectivity index (χ0v) is 7.58. The van der Waals surface area contributed by atoms with E-state index in [1.54, 1.807) is 4.81 Å². The van der Waals surface area contributed by atoms with Crippen LogP contribution in [0.25, 0.3) is 0 Å². The second kappa shape index (κ2) is 3.65. The van der Waals surface area contributed by atoms with Crippen molar-refractivity contribution in [3.63, 3.8) is 0 Å². The molecule has 0 saturated carbocycles. The average Bonchev–Trinajstić information content (AvgIpc) is 2.51. The Morgan fingerprint density at radius 2 is 2.29 bits per heavy atom. The van der Waals surface area contributed by atoms with Gasteiger partial charge in [-0.15, -0.1) is 0 Å². The van der Waals surface area contributed by atoms with E-state index in [4.69, 9.17) is 7.98 Å². The van der Waals surface area contributed by atoms with E-state index in [-0.39, 0.29) is 5.92 Å². The summed E-state index contributed by atoms with van der Waals surface area (Å²) in [4.78, 5) is 5.38. The molecule has 0 spiro atoms. The summed E-state index contributed by atoms with van der Waals surface area (Å²) < 4.78 is 25.8. The molecule has 1 atom stereocenters. The van der Waals surface area contributed by atoms with Gasteiger partial charge in [0.2, 0.25) is 0 Å². The topological polar surface area (TPSA) is 16.1 Å². The van der Waals surface area contributed by atoms with Crippen LogP contribution in [0.3, 0.4) is 0 Å². The molecule has 5 heteroatoms. The maximum Gasteiger partial charge on any atom is 0.182 e. The fraction of sp³-hybridized carbons (Fsp3) is 0.444. The monoisotopic (exact) mass is 194 g/mol. The Hall–Kier alpha value is -0.965. The lowest BCUT2D eigenvalue weighted by Gasteiger charge is -2.10. The van der Waals surface area contributed by atoms with Crippen molar-refractivity contribution < 1.29 is 8.78 Å². The summed E-state index contributed by atoms with van der Waals surface area (Å²) >= 11 is 0. The number of rotatable bonds is 1. The first-order chi connectivity index (χ1) is 6.66. The molecule has 2 rings (SSSR count). The highest BCUT2D eigenvalue weighted by molar-refractivity contribution is 6.04. The Kier molecular flexibility index (Phi) is 2.50. The van der Waals surface area contributed by atoms with Gasteiger partial charge < -0.3 is 4.81 Å². The number of halogens is 2. The van der Waals surface area contributed by atoms with Gasteiger partial charge >= 0.3 is 0 Å². The third-order valence-electron chi connectivity index (χ3n) is 2.44. The fourth-order valence-electron chi connectivity index (χ4n) is 1.74. The Labute approximate surface area is 82.4 Å². The third kappa shape index (κ3) is 1.77. The molecule has 2 radical (unpaired) electrons. The maximum atomic E-state index is 13.3. The largest absolute Gasteiger partial charge is 0.353 e. The first kappa shape index (κ1) is 9.58. The van der Waals surface area contributed by atoms with Crippen molar-refractivity contribution >= 4 is 7.98 Å². The van der Waals surface area contributed by atoms with Crippen LogP contribution in [0.5, 0.6) is 0 Å². The van der Waals surface area contributed by atoms with Gasteiger partial charge in [-0.2, -0.15) is 0 Å². The smallest absolute Gasteiger partial charge is 0.182 e. The Bertz CT molecular complexity index is 346. The molecule has 1 aromatic heterocycles. The van der Waals surface area contributed by atoms with Crippen LogP contribution in [0.15, 0.2) is 12.3 Å². The standard InChI is InChI=1S/C9H9BF2N2/c10-14-2-1-6(5-14)9-8(12)3-7(11)4-13-9/h3-4,6H,1-2,5H2. The number of hydrogen-bond acceptors (Lipinski definition) is 2. The van der Waals surface area contributed by atoms with Crippen LogP contribution in [-0.2, 0) is 0 Å². The maximum absolute atomic E-state index is 13.3. The Morgan fingerprint density at radius 1 is 1.50 bits per heavy atom. The van der Waals surface area contributed by atoms with Gasteiger partial charge in [-0.3, -0.25) is 4.98 Å². The van der Waals surface area contributed by atoms with Crippen LogP contribution in [0.2, 0.25) is 0 Å². The zero-order valence-electron chi connectivity index (χ0n) is 7.58. The van der Waals surface area contributed by atoms with Crippen molar-refractivity contribution in [2.45, 2.75) is 12.3 Å². The molecule has 2 nitrogen and oxygen atoms in total. The van der Waals surface area contributed by atoms with Gasteiger partial charge in [0.1, 0.15) is 11.6 Å². The molecule has 2 heterocycles. The summed E-state index contributed by atoms with van der Waals surface area (Å²) in [6.45, 7) is 1.30. The normalized spacial score (nSPS) is 22.9. The minimum absolute atomic E-state index is 0.0133. The molecule has 1 aliphatic heterocycles. The van der Waals surface area contributed by atoms with Gasteiger partial charge in [-0.05, 0) is 19.5 Å². The molecule has 14 heavy (non-hydrogen) atoms. The number of hydrogen-bond donors (Lipinski definition) is 0. The van der Waals surface area contributed by atoms with Crippen LogP contribution < -0.4 is 0 Å². The number of pyridine rings is 1. The highest BCUT2D eigenvalue weighted by Crippen LogP contribution is 2.26. The van der Waals surface area contributed by atoms with Crippen molar-refractivity contribution in [2.24, 2.45) is 0 Å². The lowest BCUT2D eigenvalue weighted by atomic mass is 10.0. The van der Waals surface area contributed by atoms with Gasteiger partial charge in [0.05, 0.1) is 11.9 Å². The quantitative estimate of drug-likeness (QED) is 0.625. The zero-order chi connectivity index (χ0) is 10.1. The molecule has 0 amide bonds. The van der Waals surface area contributed by atoms with Crippen LogP contribution in [0, 0.1) is 11.6 Å². The molecule has 0 aromatic carbocycles. The highest BCUT2D eigenvalue weighted by Gasteiger charge is 2.24. The predicted octanol–water partition coefficient (Wildman–Crippen LogP) is 1.23. The number of aromatic nitrogens is 1. The van der Waals surface area contributed by atoms with Gasteiger partial charge in [0.25, 0.3) is 0 Å². The van der Waals surface area contributed by atoms with Crippen LogP contribution >= 0.6 is 0 Å². The summed E-state index contributed by atoms with van der Waals surface area (Å²) in [5.41, 5.74) is 0.319. The SMILES string of the molecule is [B]N1CCC(c2ncc(F)cc2F)C1. The molecular weight excluding hydrogens is 185 g/mol. The minimum Gasteiger partial charge on any atom is -0.353 e. The lowest BCUT2D eigenvalue weighted by Crippen LogP contribution is -2.16. The fourth-order valence-corrected chi connectivity index (χ4v) is 1.74. The molecule has 72 valence electrons. The molecule has 0 aliphatic carbocycles. The molecule has 1 aliphatic rings. The van der Waals surface area contributed by atoms with Crippen LogP contribution in [-0.4, -0.2) is 30.9 Å². The molecule has 1 fully saturated rings.